The SMILES string of the molecule is CN(CC(C)(C)O)C1CCCSC1. The maximum absolute atomic E-state index is 9.67. The Hall–Kier alpha value is 0.270. The van der Waals surface area contributed by atoms with E-state index in [1.54, 1.807) is 0 Å². The van der Waals surface area contributed by atoms with E-state index in [-0.39, 0.29) is 0 Å². The molecule has 1 saturated heterocycles. The molecule has 3 heteroatoms. The van der Waals surface area contributed by atoms with E-state index in [9.17, 15) is 5.11 Å². The second-order valence-corrected chi connectivity index (χ2v) is 5.75. The van der Waals surface area contributed by atoms with E-state index in [0.717, 1.165) is 6.54 Å². The van der Waals surface area contributed by atoms with Crippen LogP contribution in [0.3, 0.4) is 0 Å². The molecule has 0 spiro atoms. The highest BCUT2D eigenvalue weighted by Crippen LogP contribution is 2.21. The van der Waals surface area contributed by atoms with Crippen LogP contribution in [0.1, 0.15) is 26.7 Å². The lowest BCUT2D eigenvalue weighted by Gasteiger charge is -2.34. The summed E-state index contributed by atoms with van der Waals surface area (Å²) in [6.45, 7) is 4.52. The van der Waals surface area contributed by atoms with E-state index in [0.29, 0.717) is 6.04 Å². The van der Waals surface area contributed by atoms with Crippen LogP contribution in [0.4, 0.5) is 0 Å². The van der Waals surface area contributed by atoms with Crippen molar-refractivity contribution in [2.24, 2.45) is 0 Å². The first kappa shape index (κ1) is 11.3. The Morgan fingerprint density at radius 3 is 2.69 bits per heavy atom. The second kappa shape index (κ2) is 4.67. The van der Waals surface area contributed by atoms with Gasteiger partial charge in [-0.05, 0) is 39.5 Å². The van der Waals surface area contributed by atoms with Crippen LogP contribution in [-0.4, -0.2) is 46.7 Å². The predicted octanol–water partition coefficient (Wildman–Crippen LogP) is 1.58. The Labute approximate surface area is 85.7 Å². The highest BCUT2D eigenvalue weighted by atomic mass is 32.2. The van der Waals surface area contributed by atoms with Crippen molar-refractivity contribution in [1.29, 1.82) is 0 Å². The number of hydrogen-bond acceptors (Lipinski definition) is 3. The first-order valence-electron chi connectivity index (χ1n) is 4.99. The van der Waals surface area contributed by atoms with Gasteiger partial charge in [-0.3, -0.25) is 4.90 Å². The van der Waals surface area contributed by atoms with Gasteiger partial charge in [0.25, 0.3) is 0 Å². The number of thioether (sulfide) groups is 1. The van der Waals surface area contributed by atoms with Crippen LogP contribution in [0.25, 0.3) is 0 Å². The van der Waals surface area contributed by atoms with Gasteiger partial charge in [0.15, 0.2) is 0 Å². The third kappa shape index (κ3) is 4.34. The Kier molecular flexibility index (Phi) is 4.07. The van der Waals surface area contributed by atoms with Gasteiger partial charge in [0.1, 0.15) is 0 Å². The van der Waals surface area contributed by atoms with E-state index >= 15 is 0 Å². The molecule has 1 unspecified atom stereocenters. The molecule has 1 aliphatic heterocycles. The maximum atomic E-state index is 9.67. The number of hydrogen-bond donors (Lipinski definition) is 1. The molecule has 2 nitrogen and oxygen atoms in total. The van der Waals surface area contributed by atoms with Crippen LogP contribution < -0.4 is 0 Å². The molecular formula is C10H21NOS. The topological polar surface area (TPSA) is 23.5 Å². The normalized spacial score (nSPS) is 25.2. The Bertz CT molecular complexity index is 149. The zero-order valence-electron chi connectivity index (χ0n) is 8.92. The molecule has 78 valence electrons. The van der Waals surface area contributed by atoms with Gasteiger partial charge in [0.05, 0.1) is 5.60 Å². The van der Waals surface area contributed by atoms with Crippen molar-refractivity contribution in [3.63, 3.8) is 0 Å². The van der Waals surface area contributed by atoms with Gasteiger partial charge in [0.2, 0.25) is 0 Å². The van der Waals surface area contributed by atoms with Crippen molar-refractivity contribution < 1.29 is 5.11 Å². The Balaban J connectivity index is 2.33. The molecular weight excluding hydrogens is 182 g/mol. The van der Waals surface area contributed by atoms with Gasteiger partial charge in [-0.15, -0.1) is 0 Å². The molecule has 1 rings (SSSR count). The van der Waals surface area contributed by atoms with Crippen LogP contribution in [-0.2, 0) is 0 Å². The van der Waals surface area contributed by atoms with Crippen LogP contribution >= 0.6 is 11.8 Å². The summed E-state index contributed by atoms with van der Waals surface area (Å²) in [5, 5.41) is 9.67. The van der Waals surface area contributed by atoms with Gasteiger partial charge in [-0.2, -0.15) is 11.8 Å². The second-order valence-electron chi connectivity index (χ2n) is 4.60. The van der Waals surface area contributed by atoms with Crippen molar-refractivity contribution in [3.8, 4) is 0 Å². The van der Waals surface area contributed by atoms with E-state index in [1.165, 1.54) is 24.3 Å². The van der Waals surface area contributed by atoms with Crippen LogP contribution in [0.5, 0.6) is 0 Å². The molecule has 0 aromatic rings. The molecule has 0 aromatic heterocycles. The lowest BCUT2D eigenvalue weighted by Crippen LogP contribution is -2.44. The summed E-state index contributed by atoms with van der Waals surface area (Å²) in [6, 6.07) is 0.671. The minimum atomic E-state index is -0.559. The first-order chi connectivity index (χ1) is 5.99. The fourth-order valence-corrected chi connectivity index (χ4v) is 3.04. The van der Waals surface area contributed by atoms with Crippen LogP contribution in [0, 0.1) is 0 Å². The van der Waals surface area contributed by atoms with Gasteiger partial charge in [-0.25, -0.2) is 0 Å². The van der Waals surface area contributed by atoms with Gasteiger partial charge < -0.3 is 5.11 Å². The largest absolute Gasteiger partial charge is 0.389 e. The van der Waals surface area contributed by atoms with Crippen LogP contribution in [0.15, 0.2) is 0 Å². The number of likely N-dealkylation sites (N-methyl/N-ethyl adjacent to an activating group) is 1. The monoisotopic (exact) mass is 203 g/mol. The minimum absolute atomic E-state index is 0.559. The number of nitrogens with zero attached hydrogens (tertiary/aromatic N) is 1. The molecule has 1 aliphatic rings. The average Bonchev–Trinajstić information content (AvgIpc) is 2.03. The summed E-state index contributed by atoms with van der Waals surface area (Å²) in [5.74, 6) is 2.54. The molecule has 1 atom stereocenters. The van der Waals surface area contributed by atoms with Crippen molar-refractivity contribution in [2.45, 2.75) is 38.3 Å². The van der Waals surface area contributed by atoms with E-state index in [2.05, 4.69) is 11.9 Å². The fourth-order valence-electron chi connectivity index (χ4n) is 1.81. The van der Waals surface area contributed by atoms with Crippen molar-refractivity contribution >= 4 is 11.8 Å². The molecule has 13 heavy (non-hydrogen) atoms. The summed E-state index contributed by atoms with van der Waals surface area (Å²) in [6.07, 6.45) is 2.62. The summed E-state index contributed by atoms with van der Waals surface area (Å²) < 4.78 is 0. The fraction of sp³-hybridized carbons (Fsp3) is 1.00. The van der Waals surface area contributed by atoms with Gasteiger partial charge in [-0.1, -0.05) is 0 Å². The lowest BCUT2D eigenvalue weighted by atomic mass is 10.1. The molecule has 0 aromatic carbocycles. The van der Waals surface area contributed by atoms with Crippen LogP contribution in [0.2, 0.25) is 0 Å². The predicted molar refractivity (Wildman–Crippen MR) is 59.3 cm³/mol. The minimum Gasteiger partial charge on any atom is -0.389 e. The maximum Gasteiger partial charge on any atom is 0.0718 e. The molecule has 1 heterocycles. The Morgan fingerprint density at radius 2 is 2.23 bits per heavy atom. The van der Waals surface area contributed by atoms with E-state index < -0.39 is 5.60 Å². The summed E-state index contributed by atoms with van der Waals surface area (Å²) in [5.41, 5.74) is -0.559. The third-order valence-electron chi connectivity index (χ3n) is 2.40. The quantitative estimate of drug-likeness (QED) is 0.753. The highest BCUT2D eigenvalue weighted by molar-refractivity contribution is 7.99. The molecule has 1 N–H and O–H groups in total. The molecule has 0 radical (unpaired) electrons. The number of aliphatic hydroxyl groups is 1. The summed E-state index contributed by atoms with van der Waals surface area (Å²) >= 11 is 2.03. The van der Waals surface area contributed by atoms with E-state index in [4.69, 9.17) is 0 Å². The lowest BCUT2D eigenvalue weighted by molar-refractivity contribution is 0.0327. The third-order valence-corrected chi connectivity index (χ3v) is 3.59. The Morgan fingerprint density at radius 1 is 1.54 bits per heavy atom. The van der Waals surface area contributed by atoms with Gasteiger partial charge >= 0.3 is 0 Å². The summed E-state index contributed by atoms with van der Waals surface area (Å²) in [4.78, 5) is 2.30. The number of rotatable bonds is 3. The standard InChI is InChI=1S/C10H21NOS/c1-10(2,12)8-11(3)9-5-4-6-13-7-9/h9,12H,4-8H2,1-3H3. The molecule has 1 fully saturated rings. The molecule has 0 aliphatic carbocycles. The van der Waals surface area contributed by atoms with Gasteiger partial charge in [0, 0.05) is 18.3 Å². The zero-order chi connectivity index (χ0) is 9.90. The summed E-state index contributed by atoms with van der Waals surface area (Å²) in [7, 11) is 2.12. The molecule has 0 bridgehead atoms. The van der Waals surface area contributed by atoms with Crippen molar-refractivity contribution in [3.05, 3.63) is 0 Å². The smallest absolute Gasteiger partial charge is 0.0718 e. The first-order valence-corrected chi connectivity index (χ1v) is 6.15. The zero-order valence-corrected chi connectivity index (χ0v) is 9.73. The van der Waals surface area contributed by atoms with Crippen molar-refractivity contribution in [2.75, 3.05) is 25.1 Å². The van der Waals surface area contributed by atoms with E-state index in [1.807, 2.05) is 25.6 Å². The molecule has 0 saturated carbocycles. The highest BCUT2D eigenvalue weighted by Gasteiger charge is 2.23. The molecule has 0 amide bonds. The average molecular weight is 203 g/mol. The van der Waals surface area contributed by atoms with Crippen molar-refractivity contribution in [1.82, 2.24) is 4.90 Å².